The Morgan fingerprint density at radius 1 is 1.00 bits per heavy atom. The summed E-state index contributed by atoms with van der Waals surface area (Å²) in [7, 11) is -3.96. The molecule has 0 aromatic rings. The predicted molar refractivity (Wildman–Crippen MR) is 69.2 cm³/mol. The highest BCUT2D eigenvalue weighted by Gasteiger charge is 2.23. The number of hydrogen-bond donors (Lipinski definition) is 0. The summed E-state index contributed by atoms with van der Waals surface area (Å²) in [6.07, 6.45) is 1.63. The molecule has 0 aromatic carbocycles. The molecule has 0 aromatic heterocycles. The fourth-order valence-electron chi connectivity index (χ4n) is 1.05. The van der Waals surface area contributed by atoms with Crippen molar-refractivity contribution in [3.8, 4) is 0 Å². The molecule has 0 rings (SSSR count). The number of hydrogen-bond acceptors (Lipinski definition) is 4. The second kappa shape index (κ2) is 6.89. The van der Waals surface area contributed by atoms with Crippen LogP contribution in [0.4, 0.5) is 0 Å². The first-order valence-electron chi connectivity index (χ1n) is 5.02. The molecule has 0 aliphatic heterocycles. The van der Waals surface area contributed by atoms with E-state index in [1.165, 1.54) is 14.1 Å². The molecular weight excluding hydrogens is 288 g/mol. The summed E-state index contributed by atoms with van der Waals surface area (Å²) in [5.74, 6) is 0.193. The summed E-state index contributed by atoms with van der Waals surface area (Å²) in [6, 6.07) is 0. The topological polar surface area (TPSA) is 74.8 Å². The van der Waals surface area contributed by atoms with Crippen molar-refractivity contribution in [1.82, 2.24) is 8.61 Å². The minimum absolute atomic E-state index is 0.0492. The third kappa shape index (κ3) is 6.56. The van der Waals surface area contributed by atoms with Crippen molar-refractivity contribution in [3.05, 3.63) is 0 Å². The monoisotopic (exact) mass is 306 g/mol. The van der Waals surface area contributed by atoms with Crippen LogP contribution in [0.3, 0.4) is 0 Å². The maximum atomic E-state index is 11.9. The molecule has 104 valence electrons. The molecule has 17 heavy (non-hydrogen) atoms. The van der Waals surface area contributed by atoms with Crippen molar-refractivity contribution in [2.24, 2.45) is 0 Å². The Labute approximate surface area is 109 Å². The van der Waals surface area contributed by atoms with Gasteiger partial charge in [0.1, 0.15) is 9.84 Å². The van der Waals surface area contributed by atoms with Gasteiger partial charge in [-0.25, -0.2) is 8.42 Å². The molecule has 0 N–H and O–H groups in total. The second-order valence-corrected chi connectivity index (χ2v) is 8.60. The van der Waals surface area contributed by atoms with E-state index >= 15 is 0 Å². The summed E-state index contributed by atoms with van der Waals surface area (Å²) in [4.78, 5) is 0. The van der Waals surface area contributed by atoms with Gasteiger partial charge in [0.2, 0.25) is 0 Å². The average Bonchev–Trinajstić information content (AvgIpc) is 2.21. The van der Waals surface area contributed by atoms with E-state index in [4.69, 9.17) is 11.6 Å². The van der Waals surface area contributed by atoms with Gasteiger partial charge in [0.05, 0.1) is 5.75 Å². The molecule has 9 heteroatoms. The van der Waals surface area contributed by atoms with Gasteiger partial charge in [-0.1, -0.05) is 0 Å². The molecule has 0 saturated heterocycles. The Morgan fingerprint density at radius 2 is 1.47 bits per heavy atom. The lowest BCUT2D eigenvalue weighted by Gasteiger charge is -2.23. The first kappa shape index (κ1) is 17.1. The average molecular weight is 307 g/mol. The van der Waals surface area contributed by atoms with Crippen LogP contribution in [0.2, 0.25) is 0 Å². The molecule has 0 radical (unpaired) electrons. The van der Waals surface area contributed by atoms with Crippen LogP contribution >= 0.6 is 11.6 Å². The van der Waals surface area contributed by atoms with Gasteiger partial charge in [-0.3, -0.25) is 0 Å². The zero-order valence-corrected chi connectivity index (χ0v) is 12.6. The van der Waals surface area contributed by atoms with Gasteiger partial charge < -0.3 is 0 Å². The Balaban J connectivity index is 4.49. The number of alkyl halides is 1. The summed E-state index contributed by atoms with van der Waals surface area (Å²) in [6.45, 7) is 0.265. The Kier molecular flexibility index (Phi) is 6.93. The molecule has 0 amide bonds. The van der Waals surface area contributed by atoms with E-state index in [2.05, 4.69) is 0 Å². The van der Waals surface area contributed by atoms with Crippen LogP contribution in [0.1, 0.15) is 6.42 Å². The lowest BCUT2D eigenvalue weighted by Crippen LogP contribution is -2.42. The predicted octanol–water partition coefficient (Wildman–Crippen LogP) is -0.232. The molecule has 6 nitrogen and oxygen atoms in total. The molecule has 0 bridgehead atoms. The summed E-state index contributed by atoms with van der Waals surface area (Å²) in [5.41, 5.74) is 0. The minimum atomic E-state index is -3.59. The summed E-state index contributed by atoms with van der Waals surface area (Å²) in [5, 5.41) is 0. The van der Waals surface area contributed by atoms with E-state index in [9.17, 15) is 16.8 Å². The first-order valence-corrected chi connectivity index (χ1v) is 9.01. The molecule has 0 spiro atoms. The standard InChI is InChI=1S/C8H19ClN2O4S2/c1-10(6-4-5-9)17(14,15)11(2)7-8-16(3,12)13/h4-8H2,1-3H3. The van der Waals surface area contributed by atoms with Crippen molar-refractivity contribution in [2.45, 2.75) is 6.42 Å². The quantitative estimate of drug-likeness (QED) is 0.581. The van der Waals surface area contributed by atoms with Gasteiger partial charge >= 0.3 is 0 Å². The molecule has 0 saturated carbocycles. The van der Waals surface area contributed by atoms with E-state index in [0.29, 0.717) is 18.8 Å². The van der Waals surface area contributed by atoms with Crippen LogP contribution in [-0.4, -0.2) is 70.5 Å². The minimum Gasteiger partial charge on any atom is -0.229 e. The summed E-state index contributed by atoms with van der Waals surface area (Å²) >= 11 is 5.48. The SMILES string of the molecule is CN(CCCCl)S(=O)(=O)N(C)CCS(C)(=O)=O. The van der Waals surface area contributed by atoms with Gasteiger partial charge in [0.25, 0.3) is 10.2 Å². The lowest BCUT2D eigenvalue weighted by molar-refractivity contribution is 0.400. The van der Waals surface area contributed by atoms with Crippen molar-refractivity contribution in [2.75, 3.05) is 45.1 Å². The van der Waals surface area contributed by atoms with Gasteiger partial charge in [-0.15, -0.1) is 11.6 Å². The van der Waals surface area contributed by atoms with Crippen molar-refractivity contribution in [3.63, 3.8) is 0 Å². The molecule has 0 unspecified atom stereocenters. The smallest absolute Gasteiger partial charge is 0.229 e. The van der Waals surface area contributed by atoms with Crippen molar-refractivity contribution < 1.29 is 16.8 Å². The van der Waals surface area contributed by atoms with Crippen LogP contribution in [0.5, 0.6) is 0 Å². The van der Waals surface area contributed by atoms with Gasteiger partial charge in [-0.2, -0.15) is 17.0 Å². The third-order valence-corrected chi connectivity index (χ3v) is 5.30. The number of rotatable bonds is 8. The number of halogens is 1. The van der Waals surface area contributed by atoms with Gasteiger partial charge in [0, 0.05) is 39.3 Å². The van der Waals surface area contributed by atoms with Gasteiger partial charge in [0.15, 0.2) is 0 Å². The molecule has 0 aliphatic rings. The van der Waals surface area contributed by atoms with E-state index in [-0.39, 0.29) is 12.3 Å². The fraction of sp³-hybridized carbons (Fsp3) is 1.00. The van der Waals surface area contributed by atoms with Crippen LogP contribution in [0.15, 0.2) is 0 Å². The van der Waals surface area contributed by atoms with E-state index in [0.717, 1.165) is 14.9 Å². The Bertz CT molecular complexity index is 421. The van der Waals surface area contributed by atoms with Crippen molar-refractivity contribution >= 4 is 31.6 Å². The highest BCUT2D eigenvalue weighted by molar-refractivity contribution is 7.90. The van der Waals surface area contributed by atoms with Crippen LogP contribution in [0, 0.1) is 0 Å². The fourth-order valence-corrected chi connectivity index (χ4v) is 3.04. The van der Waals surface area contributed by atoms with E-state index < -0.39 is 20.0 Å². The number of sulfone groups is 1. The summed E-state index contributed by atoms with van der Waals surface area (Å²) < 4.78 is 47.8. The maximum absolute atomic E-state index is 11.9. The number of nitrogens with zero attached hydrogens (tertiary/aromatic N) is 2. The lowest BCUT2D eigenvalue weighted by atomic mass is 10.5. The van der Waals surface area contributed by atoms with Crippen LogP contribution < -0.4 is 0 Å². The highest BCUT2D eigenvalue weighted by Crippen LogP contribution is 2.05. The van der Waals surface area contributed by atoms with Crippen molar-refractivity contribution in [1.29, 1.82) is 0 Å². The Morgan fingerprint density at radius 3 is 1.88 bits per heavy atom. The second-order valence-electron chi connectivity index (χ2n) is 3.82. The zero-order valence-electron chi connectivity index (χ0n) is 10.3. The van der Waals surface area contributed by atoms with E-state index in [1.807, 2.05) is 0 Å². The molecular formula is C8H19ClN2O4S2. The molecule has 0 aliphatic carbocycles. The molecule has 0 heterocycles. The molecule has 0 atom stereocenters. The zero-order chi connectivity index (χ0) is 13.7. The first-order chi connectivity index (χ1) is 7.61. The maximum Gasteiger partial charge on any atom is 0.281 e. The molecule has 0 fully saturated rings. The van der Waals surface area contributed by atoms with E-state index in [1.54, 1.807) is 0 Å². The largest absolute Gasteiger partial charge is 0.281 e. The van der Waals surface area contributed by atoms with Crippen LogP contribution in [-0.2, 0) is 20.0 Å². The van der Waals surface area contributed by atoms with Gasteiger partial charge in [-0.05, 0) is 6.42 Å². The normalized spacial score (nSPS) is 13.5. The van der Waals surface area contributed by atoms with Crippen LogP contribution in [0.25, 0.3) is 0 Å². The Hall–Kier alpha value is 0.110. The third-order valence-electron chi connectivity index (χ3n) is 2.17. The highest BCUT2D eigenvalue weighted by atomic mass is 35.5.